The van der Waals surface area contributed by atoms with Gasteiger partial charge in [-0.3, -0.25) is 9.59 Å². The molecule has 172 valence electrons. The molecule has 0 radical (unpaired) electrons. The summed E-state index contributed by atoms with van der Waals surface area (Å²) < 4.78 is 33.2. The molecule has 1 fully saturated rings. The largest absolute Gasteiger partial charge is 0.495 e. The van der Waals surface area contributed by atoms with Crippen LogP contribution in [0.15, 0.2) is 47.4 Å². The molecule has 3 rings (SSSR count). The molecule has 0 unspecified atom stereocenters. The van der Waals surface area contributed by atoms with Gasteiger partial charge in [-0.15, -0.1) is 0 Å². The summed E-state index contributed by atoms with van der Waals surface area (Å²) in [7, 11) is -2.41. The fourth-order valence-corrected chi connectivity index (χ4v) is 5.48. The number of sulfonamides is 1. The molecule has 32 heavy (non-hydrogen) atoms. The van der Waals surface area contributed by atoms with E-state index in [2.05, 4.69) is 5.32 Å². The molecular weight excluding hydrogens is 430 g/mol. The van der Waals surface area contributed by atoms with Gasteiger partial charge in [-0.05, 0) is 55.7 Å². The van der Waals surface area contributed by atoms with Crippen LogP contribution in [0, 0.1) is 6.92 Å². The maximum Gasteiger partial charge on any atom is 0.243 e. The first-order valence-electron chi connectivity index (χ1n) is 10.6. The molecule has 0 atom stereocenters. The van der Waals surface area contributed by atoms with Gasteiger partial charge >= 0.3 is 0 Å². The molecule has 0 saturated carbocycles. The van der Waals surface area contributed by atoms with Gasteiger partial charge in [0.15, 0.2) is 0 Å². The standard InChI is InChI=1S/C23H29N3O5S/c1-4-13-25(16-22(27)24-19-8-5-6-9-20(19)31-3)32(29,30)21-12-11-18(15-17(21)2)26-14-7-10-23(26)28/h5-6,8-9,11-12,15H,4,7,10,13-14,16H2,1-3H3,(H,24,27). The predicted molar refractivity (Wildman–Crippen MR) is 123 cm³/mol. The molecule has 2 aromatic carbocycles. The second-order valence-electron chi connectivity index (χ2n) is 7.69. The first kappa shape index (κ1) is 23.7. The van der Waals surface area contributed by atoms with Crippen molar-refractivity contribution >= 4 is 33.2 Å². The van der Waals surface area contributed by atoms with Gasteiger partial charge in [0.1, 0.15) is 5.75 Å². The van der Waals surface area contributed by atoms with Crippen LogP contribution in [0.3, 0.4) is 0 Å². The first-order valence-corrected chi connectivity index (χ1v) is 12.1. The zero-order valence-corrected chi connectivity index (χ0v) is 19.4. The summed E-state index contributed by atoms with van der Waals surface area (Å²) in [5.74, 6) is 0.0812. The number of carbonyl (C=O) groups excluding carboxylic acids is 2. The lowest BCUT2D eigenvalue weighted by atomic mass is 10.2. The normalized spacial score (nSPS) is 14.1. The van der Waals surface area contributed by atoms with Crippen molar-refractivity contribution < 1.29 is 22.7 Å². The molecule has 0 aliphatic carbocycles. The lowest BCUT2D eigenvalue weighted by Crippen LogP contribution is -2.38. The third kappa shape index (κ3) is 5.11. The van der Waals surface area contributed by atoms with E-state index in [0.717, 1.165) is 6.42 Å². The maximum atomic E-state index is 13.4. The number of aryl methyl sites for hydroxylation is 1. The summed E-state index contributed by atoms with van der Waals surface area (Å²) >= 11 is 0. The highest BCUT2D eigenvalue weighted by Gasteiger charge is 2.29. The molecule has 8 nitrogen and oxygen atoms in total. The van der Waals surface area contributed by atoms with Crippen molar-refractivity contribution in [3.63, 3.8) is 0 Å². The smallest absolute Gasteiger partial charge is 0.243 e. The molecule has 1 N–H and O–H groups in total. The van der Waals surface area contributed by atoms with Crippen molar-refractivity contribution in [2.24, 2.45) is 0 Å². The minimum Gasteiger partial charge on any atom is -0.495 e. The minimum absolute atomic E-state index is 0.0422. The fourth-order valence-electron chi connectivity index (χ4n) is 3.78. The Kier molecular flexibility index (Phi) is 7.52. The monoisotopic (exact) mass is 459 g/mol. The van der Waals surface area contributed by atoms with Crippen molar-refractivity contribution in [1.29, 1.82) is 0 Å². The van der Waals surface area contributed by atoms with Gasteiger partial charge in [0.05, 0.1) is 24.2 Å². The van der Waals surface area contributed by atoms with E-state index in [4.69, 9.17) is 4.74 Å². The molecule has 1 saturated heterocycles. The lowest BCUT2D eigenvalue weighted by Gasteiger charge is -2.23. The van der Waals surface area contributed by atoms with Crippen molar-refractivity contribution in [1.82, 2.24) is 4.31 Å². The van der Waals surface area contributed by atoms with Gasteiger partial charge < -0.3 is 15.0 Å². The van der Waals surface area contributed by atoms with Crippen LogP contribution in [0.4, 0.5) is 11.4 Å². The molecule has 0 aromatic heterocycles. The molecular formula is C23H29N3O5S. The Balaban J connectivity index is 1.81. The Bertz CT molecular complexity index is 1100. The van der Waals surface area contributed by atoms with Gasteiger partial charge in [0.25, 0.3) is 0 Å². The van der Waals surface area contributed by atoms with E-state index in [1.54, 1.807) is 48.2 Å². The van der Waals surface area contributed by atoms with Crippen LogP contribution in [0.25, 0.3) is 0 Å². The lowest BCUT2D eigenvalue weighted by molar-refractivity contribution is -0.117. The average molecular weight is 460 g/mol. The van der Waals surface area contributed by atoms with E-state index in [9.17, 15) is 18.0 Å². The second kappa shape index (κ2) is 10.1. The summed E-state index contributed by atoms with van der Waals surface area (Å²) in [6.07, 6.45) is 1.86. The van der Waals surface area contributed by atoms with Crippen LogP contribution < -0.4 is 15.0 Å². The number of anilines is 2. The number of hydrogen-bond acceptors (Lipinski definition) is 5. The Morgan fingerprint density at radius 2 is 1.97 bits per heavy atom. The van der Waals surface area contributed by atoms with Gasteiger partial charge in [0.2, 0.25) is 21.8 Å². The Morgan fingerprint density at radius 1 is 1.22 bits per heavy atom. The number of benzene rings is 2. The van der Waals surface area contributed by atoms with E-state index in [1.165, 1.54) is 17.5 Å². The van der Waals surface area contributed by atoms with Crippen LogP contribution >= 0.6 is 0 Å². The van der Waals surface area contributed by atoms with E-state index >= 15 is 0 Å². The number of hydrogen-bond donors (Lipinski definition) is 1. The van der Waals surface area contributed by atoms with Gasteiger partial charge in [-0.2, -0.15) is 4.31 Å². The quantitative estimate of drug-likeness (QED) is 0.621. The van der Waals surface area contributed by atoms with Crippen molar-refractivity contribution in [3.05, 3.63) is 48.0 Å². The van der Waals surface area contributed by atoms with Crippen LogP contribution in [0.1, 0.15) is 31.7 Å². The van der Waals surface area contributed by atoms with E-state index < -0.39 is 15.9 Å². The minimum atomic E-state index is -3.91. The number of carbonyl (C=O) groups is 2. The highest BCUT2D eigenvalue weighted by atomic mass is 32.2. The van der Waals surface area contributed by atoms with E-state index in [-0.39, 0.29) is 23.9 Å². The highest BCUT2D eigenvalue weighted by Crippen LogP contribution is 2.28. The van der Waals surface area contributed by atoms with Crippen LogP contribution in [-0.2, 0) is 19.6 Å². The zero-order chi connectivity index (χ0) is 23.3. The predicted octanol–water partition coefficient (Wildman–Crippen LogP) is 3.17. The molecule has 1 aliphatic rings. The second-order valence-corrected chi connectivity index (χ2v) is 9.59. The fraction of sp³-hybridized carbons (Fsp3) is 0.391. The highest BCUT2D eigenvalue weighted by molar-refractivity contribution is 7.89. The topological polar surface area (TPSA) is 96.0 Å². The zero-order valence-electron chi connectivity index (χ0n) is 18.6. The van der Waals surface area contributed by atoms with Crippen LogP contribution in [0.5, 0.6) is 5.75 Å². The third-order valence-electron chi connectivity index (χ3n) is 5.34. The van der Waals surface area contributed by atoms with Crippen molar-refractivity contribution in [3.8, 4) is 5.75 Å². The van der Waals surface area contributed by atoms with Crippen molar-refractivity contribution in [2.45, 2.75) is 38.0 Å². The number of ether oxygens (including phenoxy) is 1. The SMILES string of the molecule is CCCN(CC(=O)Nc1ccccc1OC)S(=O)(=O)c1ccc(N2CCCC2=O)cc1C. The number of methoxy groups -OCH3 is 1. The number of amides is 2. The number of para-hydroxylation sites is 2. The Morgan fingerprint density at radius 3 is 2.59 bits per heavy atom. The molecule has 1 heterocycles. The summed E-state index contributed by atoms with van der Waals surface area (Å²) in [6.45, 7) is 4.08. The molecule has 1 aliphatic heterocycles. The van der Waals surface area contributed by atoms with Crippen LogP contribution in [0.2, 0.25) is 0 Å². The molecule has 0 spiro atoms. The average Bonchev–Trinajstić information content (AvgIpc) is 3.19. The number of nitrogens with one attached hydrogen (secondary N) is 1. The van der Waals surface area contributed by atoms with Gasteiger partial charge in [-0.25, -0.2) is 8.42 Å². The van der Waals surface area contributed by atoms with E-state index in [1.807, 2.05) is 6.92 Å². The molecule has 9 heteroatoms. The Hall–Kier alpha value is -2.91. The molecule has 2 amide bonds. The maximum absolute atomic E-state index is 13.4. The van der Waals surface area contributed by atoms with Crippen LogP contribution in [-0.4, -0.2) is 51.3 Å². The van der Waals surface area contributed by atoms with Gasteiger partial charge in [-0.1, -0.05) is 19.1 Å². The van der Waals surface area contributed by atoms with E-state index in [0.29, 0.717) is 42.1 Å². The summed E-state index contributed by atoms with van der Waals surface area (Å²) in [4.78, 5) is 26.5. The number of rotatable bonds is 9. The van der Waals surface area contributed by atoms with Crippen molar-refractivity contribution in [2.75, 3.05) is 37.0 Å². The summed E-state index contributed by atoms with van der Waals surface area (Å²) in [5.41, 5.74) is 1.71. The summed E-state index contributed by atoms with van der Waals surface area (Å²) in [6, 6.07) is 11.8. The molecule has 2 aromatic rings. The van der Waals surface area contributed by atoms with Gasteiger partial charge in [0, 0.05) is 25.2 Å². The summed E-state index contributed by atoms with van der Waals surface area (Å²) in [5, 5.41) is 2.73. The number of nitrogens with zero attached hydrogens (tertiary/aromatic N) is 2. The third-order valence-corrected chi connectivity index (χ3v) is 7.34. The molecule has 0 bridgehead atoms. The first-order chi connectivity index (χ1) is 15.3. The Labute approximate surface area is 189 Å².